The van der Waals surface area contributed by atoms with E-state index in [1.54, 1.807) is 0 Å². The van der Waals surface area contributed by atoms with E-state index < -0.39 is 0 Å². The van der Waals surface area contributed by atoms with Gasteiger partial charge in [-0.25, -0.2) is 0 Å². The van der Waals surface area contributed by atoms with Crippen LogP contribution in [0.25, 0.3) is 0 Å². The minimum Gasteiger partial charge on any atom is -0.397 e. The number of hydrogen-bond donors (Lipinski definition) is 1. The number of nitrogens with two attached hydrogens (primary N) is 1. The van der Waals surface area contributed by atoms with Crippen LogP contribution in [0, 0.1) is 11.3 Å². The van der Waals surface area contributed by atoms with E-state index in [0.29, 0.717) is 6.42 Å². The number of hydrogen-bond acceptors (Lipinski definition) is 4. The number of nitriles is 1. The molecular weight excluding hydrogens is 224 g/mol. The molecule has 0 radical (unpaired) electrons. The third-order valence-corrected chi connectivity index (χ3v) is 3.41. The Kier molecular flexibility index (Phi) is 4.43. The van der Waals surface area contributed by atoms with Crippen molar-refractivity contribution in [1.82, 2.24) is 4.90 Å². The average Bonchev–Trinajstić information content (AvgIpc) is 2.41. The minimum atomic E-state index is 0.659. The van der Waals surface area contributed by atoms with E-state index in [1.165, 1.54) is 0 Å². The summed E-state index contributed by atoms with van der Waals surface area (Å²) in [6, 6.07) is 10.2. The van der Waals surface area contributed by atoms with Crippen molar-refractivity contribution in [2.45, 2.75) is 12.8 Å². The Morgan fingerprint density at radius 2 is 1.89 bits per heavy atom. The molecule has 1 aliphatic heterocycles. The molecule has 1 saturated heterocycles. The normalized spacial score (nSPS) is 16.5. The number of nitrogens with zero attached hydrogens (tertiary/aromatic N) is 3. The summed E-state index contributed by atoms with van der Waals surface area (Å²) in [5, 5.41) is 8.53. The van der Waals surface area contributed by atoms with Crippen molar-refractivity contribution in [2.24, 2.45) is 0 Å². The van der Waals surface area contributed by atoms with Crippen LogP contribution in [0.4, 0.5) is 11.4 Å². The number of benzene rings is 1. The van der Waals surface area contributed by atoms with Crippen LogP contribution < -0.4 is 10.6 Å². The molecule has 4 heteroatoms. The molecule has 2 rings (SSSR count). The number of para-hydroxylation sites is 2. The molecular formula is C14H20N4. The smallest absolute Gasteiger partial charge is 0.0622 e. The molecule has 0 saturated carbocycles. The molecule has 1 aromatic rings. The Balaban J connectivity index is 1.84. The van der Waals surface area contributed by atoms with E-state index in [1.807, 2.05) is 18.2 Å². The fourth-order valence-electron chi connectivity index (χ4n) is 2.37. The van der Waals surface area contributed by atoms with Crippen molar-refractivity contribution in [1.29, 1.82) is 5.26 Å². The van der Waals surface area contributed by atoms with E-state index in [9.17, 15) is 0 Å². The quantitative estimate of drug-likeness (QED) is 0.647. The zero-order chi connectivity index (χ0) is 12.8. The molecule has 0 aliphatic carbocycles. The molecule has 0 bridgehead atoms. The van der Waals surface area contributed by atoms with Crippen molar-refractivity contribution in [2.75, 3.05) is 43.4 Å². The molecule has 1 fully saturated rings. The van der Waals surface area contributed by atoms with Crippen molar-refractivity contribution in [3.05, 3.63) is 24.3 Å². The highest BCUT2D eigenvalue weighted by Crippen LogP contribution is 2.23. The minimum absolute atomic E-state index is 0.659. The van der Waals surface area contributed by atoms with Gasteiger partial charge in [0.05, 0.1) is 17.4 Å². The first kappa shape index (κ1) is 12.7. The third kappa shape index (κ3) is 3.14. The van der Waals surface area contributed by atoms with Gasteiger partial charge in [-0.2, -0.15) is 5.26 Å². The van der Waals surface area contributed by atoms with Gasteiger partial charge < -0.3 is 10.6 Å². The third-order valence-electron chi connectivity index (χ3n) is 3.41. The van der Waals surface area contributed by atoms with Crippen molar-refractivity contribution in [3.8, 4) is 6.07 Å². The maximum atomic E-state index is 8.53. The van der Waals surface area contributed by atoms with E-state index >= 15 is 0 Å². The van der Waals surface area contributed by atoms with Crippen LogP contribution in [0.15, 0.2) is 24.3 Å². The molecule has 0 aromatic heterocycles. The summed E-state index contributed by atoms with van der Waals surface area (Å²) in [5.74, 6) is 0. The molecule has 0 unspecified atom stereocenters. The largest absolute Gasteiger partial charge is 0.397 e. The van der Waals surface area contributed by atoms with Gasteiger partial charge in [0.1, 0.15) is 0 Å². The highest BCUT2D eigenvalue weighted by molar-refractivity contribution is 5.67. The lowest BCUT2D eigenvalue weighted by Gasteiger charge is -2.36. The topological polar surface area (TPSA) is 56.3 Å². The second-order valence-electron chi connectivity index (χ2n) is 4.65. The fraction of sp³-hybridized carbons (Fsp3) is 0.500. The van der Waals surface area contributed by atoms with E-state index in [-0.39, 0.29) is 0 Å². The van der Waals surface area contributed by atoms with Crippen LogP contribution in [0.1, 0.15) is 12.8 Å². The first-order valence-corrected chi connectivity index (χ1v) is 6.50. The Bertz CT molecular complexity index is 416. The molecule has 96 valence electrons. The standard InChI is InChI=1S/C14H20N4/c15-7-3-4-8-17-9-11-18(12-10-17)14-6-2-1-5-13(14)16/h1-2,5-6H,3-4,8-12,16H2. The number of nitrogen functional groups attached to an aromatic ring is 1. The fourth-order valence-corrected chi connectivity index (χ4v) is 2.37. The molecule has 1 aromatic carbocycles. The lowest BCUT2D eigenvalue weighted by Crippen LogP contribution is -2.46. The summed E-state index contributed by atoms with van der Waals surface area (Å²) in [6.45, 7) is 5.17. The average molecular weight is 244 g/mol. The lowest BCUT2D eigenvalue weighted by molar-refractivity contribution is 0.256. The van der Waals surface area contributed by atoms with Crippen molar-refractivity contribution < 1.29 is 0 Å². The zero-order valence-corrected chi connectivity index (χ0v) is 10.7. The van der Waals surface area contributed by atoms with E-state index in [2.05, 4.69) is 21.9 Å². The highest BCUT2D eigenvalue weighted by atomic mass is 15.3. The molecule has 0 atom stereocenters. The second-order valence-corrected chi connectivity index (χ2v) is 4.65. The predicted octanol–water partition coefficient (Wildman–Crippen LogP) is 1.69. The molecule has 2 N–H and O–H groups in total. The summed E-state index contributed by atoms with van der Waals surface area (Å²) in [5.41, 5.74) is 8.00. The number of anilines is 2. The molecule has 0 amide bonds. The molecule has 1 aliphatic rings. The Labute approximate surface area is 109 Å². The Morgan fingerprint density at radius 3 is 2.56 bits per heavy atom. The number of unbranched alkanes of at least 4 members (excludes halogenated alkanes) is 1. The van der Waals surface area contributed by atoms with Gasteiger partial charge in [-0.1, -0.05) is 12.1 Å². The first-order chi connectivity index (χ1) is 8.81. The lowest BCUT2D eigenvalue weighted by atomic mass is 10.2. The molecule has 1 heterocycles. The SMILES string of the molecule is N#CCCCN1CCN(c2ccccc2N)CC1. The van der Waals surface area contributed by atoms with E-state index in [4.69, 9.17) is 11.0 Å². The highest BCUT2D eigenvalue weighted by Gasteiger charge is 2.17. The van der Waals surface area contributed by atoms with Gasteiger partial charge in [-0.15, -0.1) is 0 Å². The van der Waals surface area contributed by atoms with Gasteiger partial charge in [-0.05, 0) is 25.1 Å². The van der Waals surface area contributed by atoms with Gasteiger partial charge in [0.25, 0.3) is 0 Å². The monoisotopic (exact) mass is 244 g/mol. The Hall–Kier alpha value is -1.73. The number of piperazine rings is 1. The van der Waals surface area contributed by atoms with Crippen LogP contribution in [-0.2, 0) is 0 Å². The van der Waals surface area contributed by atoms with Crippen LogP contribution in [0.3, 0.4) is 0 Å². The summed E-state index contributed by atoms with van der Waals surface area (Å²) in [4.78, 5) is 4.77. The molecule has 4 nitrogen and oxygen atoms in total. The number of rotatable bonds is 4. The van der Waals surface area contributed by atoms with Crippen LogP contribution >= 0.6 is 0 Å². The van der Waals surface area contributed by atoms with Gasteiger partial charge in [-0.3, -0.25) is 4.90 Å². The van der Waals surface area contributed by atoms with Crippen LogP contribution in [0.2, 0.25) is 0 Å². The van der Waals surface area contributed by atoms with Crippen molar-refractivity contribution in [3.63, 3.8) is 0 Å². The maximum absolute atomic E-state index is 8.53. The summed E-state index contributed by atoms with van der Waals surface area (Å²) >= 11 is 0. The summed E-state index contributed by atoms with van der Waals surface area (Å²) in [7, 11) is 0. The second kappa shape index (κ2) is 6.27. The van der Waals surface area contributed by atoms with E-state index in [0.717, 1.165) is 50.5 Å². The molecule has 0 spiro atoms. The van der Waals surface area contributed by atoms with Crippen LogP contribution in [0.5, 0.6) is 0 Å². The summed E-state index contributed by atoms with van der Waals surface area (Å²) in [6.07, 6.45) is 1.63. The maximum Gasteiger partial charge on any atom is 0.0622 e. The predicted molar refractivity (Wildman–Crippen MR) is 74.4 cm³/mol. The van der Waals surface area contributed by atoms with Gasteiger partial charge >= 0.3 is 0 Å². The van der Waals surface area contributed by atoms with Gasteiger partial charge in [0, 0.05) is 32.6 Å². The van der Waals surface area contributed by atoms with Crippen LogP contribution in [-0.4, -0.2) is 37.6 Å². The molecule has 18 heavy (non-hydrogen) atoms. The first-order valence-electron chi connectivity index (χ1n) is 6.50. The summed E-state index contributed by atoms with van der Waals surface area (Å²) < 4.78 is 0. The van der Waals surface area contributed by atoms with Crippen molar-refractivity contribution >= 4 is 11.4 Å². The van der Waals surface area contributed by atoms with Gasteiger partial charge in [0.2, 0.25) is 0 Å². The Morgan fingerprint density at radius 1 is 1.17 bits per heavy atom. The van der Waals surface area contributed by atoms with Gasteiger partial charge in [0.15, 0.2) is 0 Å². The zero-order valence-electron chi connectivity index (χ0n) is 10.7.